The Balaban J connectivity index is 2.02. The average molecular weight is 318 g/mol. The second kappa shape index (κ2) is 4.93. The predicted octanol–water partition coefficient (Wildman–Crippen LogP) is 4.04. The average Bonchev–Trinajstić information content (AvgIpc) is 2.86. The van der Waals surface area contributed by atoms with Crippen molar-refractivity contribution in [2.45, 2.75) is 0 Å². The van der Waals surface area contributed by atoms with Crippen molar-refractivity contribution in [3.8, 4) is 22.5 Å². The van der Waals surface area contributed by atoms with Gasteiger partial charge >= 0.3 is 0 Å². The van der Waals surface area contributed by atoms with E-state index in [0.29, 0.717) is 0 Å². The highest BCUT2D eigenvalue weighted by molar-refractivity contribution is 9.10. The van der Waals surface area contributed by atoms with Crippen LogP contribution >= 0.6 is 15.9 Å². The van der Waals surface area contributed by atoms with Gasteiger partial charge in [-0.15, -0.1) is 0 Å². The Morgan fingerprint density at radius 1 is 0.947 bits per heavy atom. The summed E-state index contributed by atoms with van der Waals surface area (Å²) in [5, 5.41) is 7.01. The zero-order chi connectivity index (χ0) is 13.2. The third-order valence-corrected chi connectivity index (χ3v) is 3.15. The number of benzene rings is 1. The number of pyridine rings is 1. The first kappa shape index (κ1) is 12.0. The summed E-state index contributed by atoms with van der Waals surface area (Å²) in [7, 11) is 0. The number of aromatic nitrogens is 3. The Labute approximate surface area is 117 Å². The molecule has 94 valence electrons. The Morgan fingerprint density at radius 2 is 1.74 bits per heavy atom. The van der Waals surface area contributed by atoms with Crippen LogP contribution < -0.4 is 0 Å². The van der Waals surface area contributed by atoms with Gasteiger partial charge in [0.05, 0.1) is 11.4 Å². The van der Waals surface area contributed by atoms with E-state index in [1.807, 2.05) is 18.2 Å². The van der Waals surface area contributed by atoms with Gasteiger partial charge in [-0.3, -0.25) is 10.1 Å². The van der Waals surface area contributed by atoms with E-state index in [0.717, 1.165) is 27.1 Å². The third kappa shape index (κ3) is 2.56. The summed E-state index contributed by atoms with van der Waals surface area (Å²) in [6, 6.07) is 12.0. The number of hydrogen-bond acceptors (Lipinski definition) is 2. The van der Waals surface area contributed by atoms with E-state index in [2.05, 4.69) is 31.1 Å². The van der Waals surface area contributed by atoms with E-state index in [9.17, 15) is 4.39 Å². The van der Waals surface area contributed by atoms with E-state index < -0.39 is 0 Å². The van der Waals surface area contributed by atoms with Gasteiger partial charge < -0.3 is 0 Å². The van der Waals surface area contributed by atoms with Crippen molar-refractivity contribution < 1.29 is 4.39 Å². The topological polar surface area (TPSA) is 41.6 Å². The molecule has 19 heavy (non-hydrogen) atoms. The van der Waals surface area contributed by atoms with Gasteiger partial charge in [-0.25, -0.2) is 4.39 Å². The Hall–Kier alpha value is -2.01. The molecule has 0 radical (unpaired) electrons. The first-order chi connectivity index (χ1) is 9.22. The molecule has 3 aromatic rings. The SMILES string of the molecule is Fc1ccc(-c2cc(-c3cc(Br)[nH]n3)ccn2)cc1. The molecule has 0 atom stereocenters. The zero-order valence-electron chi connectivity index (χ0n) is 9.77. The summed E-state index contributed by atoms with van der Waals surface area (Å²) in [6.07, 6.45) is 1.72. The van der Waals surface area contributed by atoms with Crippen molar-refractivity contribution in [1.82, 2.24) is 15.2 Å². The lowest BCUT2D eigenvalue weighted by atomic mass is 10.1. The smallest absolute Gasteiger partial charge is 0.123 e. The van der Waals surface area contributed by atoms with Gasteiger partial charge in [-0.2, -0.15) is 5.10 Å². The summed E-state index contributed by atoms with van der Waals surface area (Å²) in [6.45, 7) is 0. The number of aromatic amines is 1. The van der Waals surface area contributed by atoms with E-state index in [1.165, 1.54) is 12.1 Å². The van der Waals surface area contributed by atoms with Crippen LogP contribution in [0.25, 0.3) is 22.5 Å². The molecule has 0 aliphatic heterocycles. The fourth-order valence-electron chi connectivity index (χ4n) is 1.81. The van der Waals surface area contributed by atoms with Crippen molar-refractivity contribution in [2.24, 2.45) is 0 Å². The molecule has 0 spiro atoms. The molecule has 1 N–H and O–H groups in total. The quantitative estimate of drug-likeness (QED) is 0.775. The maximum atomic E-state index is 12.9. The van der Waals surface area contributed by atoms with Crippen molar-refractivity contribution in [1.29, 1.82) is 0 Å². The molecule has 5 heteroatoms. The van der Waals surface area contributed by atoms with Gasteiger partial charge in [0.2, 0.25) is 0 Å². The lowest BCUT2D eigenvalue weighted by molar-refractivity contribution is 0.628. The number of H-pyrrole nitrogens is 1. The second-order valence-corrected chi connectivity index (χ2v) is 4.89. The molecule has 0 aliphatic rings. The summed E-state index contributed by atoms with van der Waals surface area (Å²) in [4.78, 5) is 4.30. The highest BCUT2D eigenvalue weighted by atomic mass is 79.9. The monoisotopic (exact) mass is 317 g/mol. The largest absolute Gasteiger partial charge is 0.271 e. The maximum Gasteiger partial charge on any atom is 0.123 e. The van der Waals surface area contributed by atoms with Crippen LogP contribution in [0, 0.1) is 5.82 Å². The van der Waals surface area contributed by atoms with E-state index >= 15 is 0 Å². The summed E-state index contributed by atoms with van der Waals surface area (Å²) < 4.78 is 13.7. The van der Waals surface area contributed by atoms with Crippen LogP contribution in [0.3, 0.4) is 0 Å². The molecule has 0 aliphatic carbocycles. The van der Waals surface area contributed by atoms with Gasteiger partial charge in [-0.1, -0.05) is 0 Å². The highest BCUT2D eigenvalue weighted by Crippen LogP contribution is 2.24. The van der Waals surface area contributed by atoms with E-state index in [4.69, 9.17) is 0 Å². The van der Waals surface area contributed by atoms with Gasteiger partial charge in [0.15, 0.2) is 0 Å². The highest BCUT2D eigenvalue weighted by Gasteiger charge is 2.05. The minimum Gasteiger partial charge on any atom is -0.271 e. The molecular formula is C14H9BrFN3. The van der Waals surface area contributed by atoms with Gasteiger partial charge in [0, 0.05) is 17.3 Å². The van der Waals surface area contributed by atoms with Crippen molar-refractivity contribution in [2.75, 3.05) is 0 Å². The summed E-state index contributed by atoms with van der Waals surface area (Å²) in [5.74, 6) is -0.254. The third-order valence-electron chi connectivity index (χ3n) is 2.74. The molecule has 0 unspecified atom stereocenters. The molecule has 2 aromatic heterocycles. The zero-order valence-corrected chi connectivity index (χ0v) is 11.4. The summed E-state index contributed by atoms with van der Waals surface area (Å²) in [5.41, 5.74) is 3.45. The van der Waals surface area contributed by atoms with Crippen LogP contribution in [0.5, 0.6) is 0 Å². The van der Waals surface area contributed by atoms with Crippen LogP contribution in [-0.4, -0.2) is 15.2 Å². The minimum absolute atomic E-state index is 0.254. The van der Waals surface area contributed by atoms with Gasteiger partial charge in [0.25, 0.3) is 0 Å². The lowest BCUT2D eigenvalue weighted by Crippen LogP contribution is -1.86. The van der Waals surface area contributed by atoms with Crippen LogP contribution in [0.2, 0.25) is 0 Å². The number of nitrogens with zero attached hydrogens (tertiary/aromatic N) is 2. The molecule has 3 nitrogen and oxygen atoms in total. The molecule has 3 rings (SSSR count). The van der Waals surface area contributed by atoms with Crippen molar-refractivity contribution >= 4 is 15.9 Å². The Kier molecular flexibility index (Phi) is 3.13. The fraction of sp³-hybridized carbons (Fsp3) is 0. The van der Waals surface area contributed by atoms with Crippen molar-refractivity contribution in [3.63, 3.8) is 0 Å². The molecule has 0 bridgehead atoms. The number of hydrogen-bond donors (Lipinski definition) is 1. The Bertz CT molecular complexity index is 707. The Morgan fingerprint density at radius 3 is 2.42 bits per heavy atom. The first-order valence-electron chi connectivity index (χ1n) is 5.66. The minimum atomic E-state index is -0.254. The van der Waals surface area contributed by atoms with Crippen LogP contribution in [0.4, 0.5) is 4.39 Å². The number of rotatable bonds is 2. The molecule has 1 aromatic carbocycles. The maximum absolute atomic E-state index is 12.9. The predicted molar refractivity (Wildman–Crippen MR) is 74.9 cm³/mol. The summed E-state index contributed by atoms with van der Waals surface area (Å²) >= 11 is 3.33. The number of nitrogens with one attached hydrogen (secondary N) is 1. The molecule has 2 heterocycles. The van der Waals surface area contributed by atoms with Gasteiger partial charge in [0.1, 0.15) is 10.4 Å². The molecule has 0 saturated heterocycles. The molecule has 0 fully saturated rings. The fourth-order valence-corrected chi connectivity index (χ4v) is 2.12. The van der Waals surface area contributed by atoms with E-state index in [-0.39, 0.29) is 5.82 Å². The van der Waals surface area contributed by atoms with Crippen LogP contribution in [-0.2, 0) is 0 Å². The molecule has 0 saturated carbocycles. The van der Waals surface area contributed by atoms with Crippen molar-refractivity contribution in [3.05, 3.63) is 59.1 Å². The second-order valence-electron chi connectivity index (χ2n) is 4.04. The van der Waals surface area contributed by atoms with Gasteiger partial charge in [-0.05, 0) is 58.4 Å². The van der Waals surface area contributed by atoms with E-state index in [1.54, 1.807) is 18.3 Å². The van der Waals surface area contributed by atoms with Crippen LogP contribution in [0.1, 0.15) is 0 Å². The van der Waals surface area contributed by atoms with Crippen LogP contribution in [0.15, 0.2) is 53.3 Å². The molecule has 0 amide bonds. The lowest BCUT2D eigenvalue weighted by Gasteiger charge is -2.02. The standard InChI is InChI=1S/C14H9BrFN3/c15-14-8-13(18-19-14)10-5-6-17-12(7-10)9-1-3-11(16)4-2-9/h1-8H,(H,18,19). The normalized spacial score (nSPS) is 10.6. The molecular weight excluding hydrogens is 309 g/mol. The number of halogens is 2. The first-order valence-corrected chi connectivity index (χ1v) is 6.45.